The van der Waals surface area contributed by atoms with Gasteiger partial charge in [-0.1, -0.05) is 18.2 Å². The van der Waals surface area contributed by atoms with Crippen LogP contribution in [0.1, 0.15) is 16.3 Å². The van der Waals surface area contributed by atoms with Gasteiger partial charge in [0.05, 0.1) is 15.6 Å². The summed E-state index contributed by atoms with van der Waals surface area (Å²) in [5.74, 6) is 0.345. The Bertz CT molecular complexity index is 1150. The number of rotatable bonds is 8. The Morgan fingerprint density at radius 1 is 1.20 bits per heavy atom. The van der Waals surface area contributed by atoms with Crippen LogP contribution in [0.4, 0.5) is 5.69 Å². The van der Waals surface area contributed by atoms with Gasteiger partial charge in [-0.15, -0.1) is 11.3 Å². The number of hydrogen-bond donors (Lipinski definition) is 2. The lowest BCUT2D eigenvalue weighted by Gasteiger charge is -2.06. The van der Waals surface area contributed by atoms with Crippen LogP contribution in [0.2, 0.25) is 0 Å². The van der Waals surface area contributed by atoms with Gasteiger partial charge in [-0.3, -0.25) is 4.79 Å². The van der Waals surface area contributed by atoms with Crippen molar-refractivity contribution in [1.82, 2.24) is 9.71 Å². The predicted octanol–water partition coefficient (Wildman–Crippen LogP) is 3.59. The van der Waals surface area contributed by atoms with Crippen LogP contribution in [0.5, 0.6) is 5.75 Å². The first-order chi connectivity index (χ1) is 14.4. The van der Waals surface area contributed by atoms with Crippen molar-refractivity contribution >= 4 is 39.0 Å². The molecule has 9 heteroatoms. The first-order valence-electron chi connectivity index (χ1n) is 9.02. The zero-order chi connectivity index (χ0) is 21.6. The SMILES string of the molecule is CNS(=O)(=O)c1cccc(NC(=O)/C=C/c2ccc(OCc3csc(C)n3)cc2)c1. The van der Waals surface area contributed by atoms with Crippen LogP contribution in [0.3, 0.4) is 0 Å². The van der Waals surface area contributed by atoms with E-state index in [4.69, 9.17) is 4.74 Å². The van der Waals surface area contributed by atoms with Gasteiger partial charge in [-0.2, -0.15) is 0 Å². The molecular weight excluding hydrogens is 422 g/mol. The zero-order valence-electron chi connectivity index (χ0n) is 16.5. The summed E-state index contributed by atoms with van der Waals surface area (Å²) in [6, 6.07) is 13.4. The van der Waals surface area contributed by atoms with Crippen molar-refractivity contribution in [2.45, 2.75) is 18.4 Å². The Morgan fingerprint density at radius 3 is 2.63 bits per heavy atom. The van der Waals surface area contributed by atoms with Crippen molar-refractivity contribution in [1.29, 1.82) is 0 Å². The van der Waals surface area contributed by atoms with Gasteiger partial charge in [0.25, 0.3) is 0 Å². The number of carbonyl (C=O) groups excluding carboxylic acids is 1. The van der Waals surface area contributed by atoms with Crippen molar-refractivity contribution in [2.24, 2.45) is 0 Å². The lowest BCUT2D eigenvalue weighted by molar-refractivity contribution is -0.111. The van der Waals surface area contributed by atoms with Crippen LogP contribution in [-0.4, -0.2) is 26.4 Å². The molecule has 3 aromatic rings. The number of nitrogens with one attached hydrogen (secondary N) is 2. The number of hydrogen-bond acceptors (Lipinski definition) is 6. The maximum Gasteiger partial charge on any atom is 0.248 e. The second-order valence-electron chi connectivity index (χ2n) is 6.27. The number of nitrogens with zero attached hydrogens (tertiary/aromatic N) is 1. The summed E-state index contributed by atoms with van der Waals surface area (Å²) in [6.45, 7) is 2.36. The van der Waals surface area contributed by atoms with Crippen molar-refractivity contribution in [3.05, 3.63) is 76.3 Å². The topological polar surface area (TPSA) is 97.4 Å². The van der Waals surface area contributed by atoms with E-state index in [-0.39, 0.29) is 10.8 Å². The van der Waals surface area contributed by atoms with Crippen LogP contribution in [0.15, 0.2) is 64.9 Å². The molecular formula is C21H21N3O4S2. The van der Waals surface area contributed by atoms with Gasteiger partial charge < -0.3 is 10.1 Å². The number of carbonyl (C=O) groups is 1. The van der Waals surface area contributed by atoms with Crippen LogP contribution in [0, 0.1) is 6.92 Å². The number of anilines is 1. The summed E-state index contributed by atoms with van der Waals surface area (Å²) in [6.07, 6.45) is 3.05. The lowest BCUT2D eigenvalue weighted by Crippen LogP contribution is -2.18. The fourth-order valence-electron chi connectivity index (χ4n) is 2.52. The molecule has 0 aliphatic carbocycles. The smallest absolute Gasteiger partial charge is 0.248 e. The highest BCUT2D eigenvalue weighted by Gasteiger charge is 2.11. The third kappa shape index (κ3) is 5.99. The number of ether oxygens (including phenoxy) is 1. The second-order valence-corrected chi connectivity index (χ2v) is 9.22. The molecule has 156 valence electrons. The molecule has 0 atom stereocenters. The number of aromatic nitrogens is 1. The van der Waals surface area contributed by atoms with E-state index >= 15 is 0 Å². The van der Waals surface area contributed by atoms with Crippen LogP contribution in [0.25, 0.3) is 6.08 Å². The summed E-state index contributed by atoms with van der Waals surface area (Å²) in [5.41, 5.74) is 2.11. The molecule has 2 aromatic carbocycles. The largest absolute Gasteiger partial charge is 0.487 e. The Balaban J connectivity index is 1.56. The molecule has 1 heterocycles. The number of benzene rings is 2. The Kier molecular flexibility index (Phi) is 6.99. The third-order valence-corrected chi connectivity index (χ3v) is 6.28. The van der Waals surface area contributed by atoms with Gasteiger partial charge in [0.2, 0.25) is 15.9 Å². The Hall–Kier alpha value is -3.01. The minimum absolute atomic E-state index is 0.0789. The van der Waals surface area contributed by atoms with Crippen molar-refractivity contribution in [3.8, 4) is 5.75 Å². The van der Waals surface area contributed by atoms with Crippen molar-refractivity contribution < 1.29 is 17.9 Å². The summed E-state index contributed by atoms with van der Waals surface area (Å²) in [7, 11) is -2.24. The van der Waals surface area contributed by atoms with E-state index in [1.165, 1.54) is 25.3 Å². The molecule has 0 saturated carbocycles. The first kappa shape index (κ1) is 21.7. The van der Waals surface area contributed by atoms with E-state index in [9.17, 15) is 13.2 Å². The summed E-state index contributed by atoms with van der Waals surface area (Å²) in [5, 5.41) is 5.62. The fraction of sp³-hybridized carbons (Fsp3) is 0.143. The number of amides is 1. The van der Waals surface area contributed by atoms with E-state index in [0.29, 0.717) is 18.0 Å². The number of aryl methyl sites for hydroxylation is 1. The van der Waals surface area contributed by atoms with E-state index in [1.54, 1.807) is 29.5 Å². The molecule has 1 aromatic heterocycles. The van der Waals surface area contributed by atoms with Crippen molar-refractivity contribution in [3.63, 3.8) is 0 Å². The molecule has 2 N–H and O–H groups in total. The maximum atomic E-state index is 12.2. The molecule has 0 aliphatic rings. The van der Waals surface area contributed by atoms with Gasteiger partial charge >= 0.3 is 0 Å². The van der Waals surface area contributed by atoms with Gasteiger partial charge in [-0.25, -0.2) is 18.1 Å². The highest BCUT2D eigenvalue weighted by Crippen LogP contribution is 2.17. The average molecular weight is 444 g/mol. The molecule has 3 rings (SSSR count). The maximum absolute atomic E-state index is 12.2. The average Bonchev–Trinajstić information content (AvgIpc) is 3.17. The standard InChI is InChI=1S/C21H21N3O4S2/c1-15-23-18(14-29-15)13-28-19-9-6-16(7-10-19)8-11-21(25)24-17-4-3-5-20(12-17)30(26,27)22-2/h3-12,14,22H,13H2,1-2H3,(H,24,25)/b11-8+. The molecule has 7 nitrogen and oxygen atoms in total. The highest BCUT2D eigenvalue weighted by atomic mass is 32.2. The molecule has 0 unspecified atom stereocenters. The second kappa shape index (κ2) is 9.66. The molecule has 0 radical (unpaired) electrons. The molecule has 0 bridgehead atoms. The molecule has 1 amide bonds. The number of thiazole rings is 1. The summed E-state index contributed by atoms with van der Waals surface area (Å²) < 4.78 is 31.6. The minimum Gasteiger partial charge on any atom is -0.487 e. The highest BCUT2D eigenvalue weighted by molar-refractivity contribution is 7.89. The van der Waals surface area contributed by atoms with Crippen LogP contribution in [-0.2, 0) is 21.4 Å². The zero-order valence-corrected chi connectivity index (χ0v) is 18.1. The third-order valence-electron chi connectivity index (χ3n) is 4.04. The fourth-order valence-corrected chi connectivity index (χ4v) is 3.89. The van der Waals surface area contributed by atoms with Crippen molar-refractivity contribution in [2.75, 3.05) is 12.4 Å². The first-order valence-corrected chi connectivity index (χ1v) is 11.4. The van der Waals surface area contributed by atoms with E-state index in [2.05, 4.69) is 15.0 Å². The van der Waals surface area contributed by atoms with Crippen LogP contribution >= 0.6 is 11.3 Å². The monoisotopic (exact) mass is 443 g/mol. The summed E-state index contributed by atoms with van der Waals surface area (Å²) >= 11 is 1.58. The predicted molar refractivity (Wildman–Crippen MR) is 118 cm³/mol. The van der Waals surface area contributed by atoms with E-state index < -0.39 is 10.0 Å². The van der Waals surface area contributed by atoms with Gasteiger partial charge in [0.1, 0.15) is 12.4 Å². The Morgan fingerprint density at radius 2 is 1.97 bits per heavy atom. The van der Waals surface area contributed by atoms with E-state index in [0.717, 1.165) is 16.3 Å². The van der Waals surface area contributed by atoms with E-state index in [1.807, 2.05) is 36.6 Å². The molecule has 0 aliphatic heterocycles. The quantitative estimate of drug-likeness (QED) is 0.519. The molecule has 0 fully saturated rings. The Labute approximate surface area is 179 Å². The lowest BCUT2D eigenvalue weighted by atomic mass is 10.2. The minimum atomic E-state index is -3.57. The van der Waals surface area contributed by atoms with Gasteiger partial charge in [-0.05, 0) is 55.9 Å². The van der Waals surface area contributed by atoms with Gasteiger partial charge in [0.15, 0.2) is 0 Å². The normalized spacial score (nSPS) is 11.5. The summed E-state index contributed by atoms with van der Waals surface area (Å²) in [4.78, 5) is 16.6. The molecule has 0 spiro atoms. The van der Waals surface area contributed by atoms with Gasteiger partial charge in [0, 0.05) is 17.1 Å². The molecule has 0 saturated heterocycles. The van der Waals surface area contributed by atoms with Crippen LogP contribution < -0.4 is 14.8 Å². The number of sulfonamides is 1. The molecule has 30 heavy (non-hydrogen) atoms.